The first kappa shape index (κ1) is 28.5. The molecule has 0 radical (unpaired) electrons. The van der Waals surface area contributed by atoms with Gasteiger partial charge in [-0.1, -0.05) is 53.5 Å². The van der Waals surface area contributed by atoms with Crippen molar-refractivity contribution in [2.24, 2.45) is 14.1 Å². The Morgan fingerprint density at radius 2 is 1.73 bits per heavy atom. The number of benzene rings is 2. The van der Waals surface area contributed by atoms with Crippen LogP contribution in [-0.4, -0.2) is 61.3 Å². The summed E-state index contributed by atoms with van der Waals surface area (Å²) in [5, 5.41) is 12.8. The molecule has 0 bridgehead atoms. The van der Waals surface area contributed by atoms with E-state index in [0.29, 0.717) is 58.6 Å². The van der Waals surface area contributed by atoms with E-state index in [1.807, 2.05) is 4.90 Å². The lowest BCUT2D eigenvalue weighted by Gasteiger charge is -2.35. The molecule has 2 aromatic heterocycles. The molecular formula is C28H26Cl2N6O5. The molecule has 41 heavy (non-hydrogen) atoms. The van der Waals surface area contributed by atoms with E-state index in [-0.39, 0.29) is 22.4 Å². The third-order valence-electron chi connectivity index (χ3n) is 6.82. The van der Waals surface area contributed by atoms with E-state index in [0.717, 1.165) is 9.13 Å². The van der Waals surface area contributed by atoms with Crippen molar-refractivity contribution in [1.29, 1.82) is 0 Å². The summed E-state index contributed by atoms with van der Waals surface area (Å²) in [5.74, 6) is -0.354. The van der Waals surface area contributed by atoms with Gasteiger partial charge < -0.3 is 19.7 Å². The van der Waals surface area contributed by atoms with Gasteiger partial charge in [0, 0.05) is 56.6 Å². The number of hydrogen-bond donors (Lipinski definition) is 2. The van der Waals surface area contributed by atoms with Gasteiger partial charge in [0.05, 0.1) is 40.8 Å². The minimum Gasteiger partial charge on any atom is -0.480 e. The minimum absolute atomic E-state index is 0.206. The third-order valence-corrected chi connectivity index (χ3v) is 7.63. The monoisotopic (exact) mass is 596 g/mol. The van der Waals surface area contributed by atoms with Crippen molar-refractivity contribution in [2.45, 2.75) is 12.6 Å². The average molecular weight is 597 g/mol. The number of carbonyl (C=O) groups is 1. The smallest absolute Gasteiger partial charge is 0.330 e. The van der Waals surface area contributed by atoms with Crippen LogP contribution >= 0.6 is 23.2 Å². The van der Waals surface area contributed by atoms with E-state index < -0.39 is 17.2 Å². The maximum Gasteiger partial charge on any atom is 0.330 e. The van der Waals surface area contributed by atoms with Crippen molar-refractivity contribution in [1.82, 2.24) is 24.0 Å². The Labute approximate surface area is 244 Å². The zero-order valence-electron chi connectivity index (χ0n) is 22.4. The number of likely N-dealkylation sites (tertiary alicyclic amines) is 1. The number of halogens is 2. The van der Waals surface area contributed by atoms with Crippen molar-refractivity contribution < 1.29 is 14.6 Å². The lowest BCUT2D eigenvalue weighted by molar-refractivity contribution is -0.00403. The number of aliphatic hydroxyl groups excluding tert-OH is 1. The number of β-amino-alcohol motifs (C(OH)–C–C–N with tert-alkyl or cyclic N) is 1. The van der Waals surface area contributed by atoms with Gasteiger partial charge in [0.25, 0.3) is 11.5 Å². The average Bonchev–Trinajstić information content (AvgIpc) is 2.94. The fourth-order valence-corrected chi connectivity index (χ4v) is 5.21. The highest BCUT2D eigenvalue weighted by Gasteiger charge is 2.26. The number of hydrogen-bond acceptors (Lipinski definition) is 8. The Morgan fingerprint density at radius 3 is 2.41 bits per heavy atom. The number of nitrogens with zero attached hydrogens (tertiary/aromatic N) is 5. The fourth-order valence-electron chi connectivity index (χ4n) is 4.61. The van der Waals surface area contributed by atoms with Crippen LogP contribution in [0.5, 0.6) is 5.88 Å². The SMILES string of the molecule is COc1nc(-c2cccc(-c3cccc(NC(=O)c4cn(C)c(=O)n(C)c4=O)c3Cl)c2Cl)cnc1CN1CC(O)C1. The summed E-state index contributed by atoms with van der Waals surface area (Å²) in [7, 11) is 4.27. The second-order valence-corrected chi connectivity index (χ2v) is 10.4. The molecule has 0 saturated carbocycles. The standard InChI is InChI=1S/C28H26Cl2N6O5/c1-34-13-19(27(39)35(2)28(34)40)25(38)32-20-9-5-7-17(24(20)30)16-6-4-8-18(23(16)29)21-10-31-22(26(33-21)41-3)14-36-11-15(37)12-36/h4-10,13,15,37H,11-12,14H2,1-3H3,(H,32,38). The topological polar surface area (TPSA) is 132 Å². The van der Waals surface area contributed by atoms with Gasteiger partial charge in [-0.3, -0.25) is 24.0 Å². The van der Waals surface area contributed by atoms with Crippen LogP contribution in [0.15, 0.2) is 58.4 Å². The van der Waals surface area contributed by atoms with Gasteiger partial charge in [0.2, 0.25) is 5.88 Å². The number of nitrogens with one attached hydrogen (secondary N) is 1. The largest absolute Gasteiger partial charge is 0.480 e. The van der Waals surface area contributed by atoms with Crippen LogP contribution in [0.3, 0.4) is 0 Å². The predicted octanol–water partition coefficient (Wildman–Crippen LogP) is 2.95. The summed E-state index contributed by atoms with van der Waals surface area (Å²) >= 11 is 13.6. The Bertz CT molecular complexity index is 1780. The van der Waals surface area contributed by atoms with Crippen LogP contribution in [0.25, 0.3) is 22.4 Å². The van der Waals surface area contributed by atoms with E-state index in [1.54, 1.807) is 42.6 Å². The maximum absolute atomic E-state index is 13.0. The number of aliphatic hydroxyl groups is 1. The van der Waals surface area contributed by atoms with Crippen molar-refractivity contribution in [3.05, 3.63) is 90.9 Å². The van der Waals surface area contributed by atoms with Crippen LogP contribution in [0.2, 0.25) is 10.0 Å². The Hall–Kier alpha value is -4.03. The number of anilines is 1. The van der Waals surface area contributed by atoms with Gasteiger partial charge in [-0.05, 0) is 6.07 Å². The molecule has 1 saturated heterocycles. The number of carbonyl (C=O) groups excluding carboxylic acids is 1. The molecule has 0 unspecified atom stereocenters. The highest BCUT2D eigenvalue weighted by molar-refractivity contribution is 6.39. The molecule has 11 nitrogen and oxygen atoms in total. The molecule has 1 fully saturated rings. The lowest BCUT2D eigenvalue weighted by Crippen LogP contribution is -2.50. The van der Waals surface area contributed by atoms with Crippen molar-refractivity contribution in [3.8, 4) is 28.3 Å². The molecule has 4 aromatic rings. The molecule has 5 rings (SSSR count). The quantitative estimate of drug-likeness (QED) is 0.333. The molecule has 13 heteroatoms. The summed E-state index contributed by atoms with van der Waals surface area (Å²) in [4.78, 5) is 48.7. The second-order valence-electron chi connectivity index (χ2n) is 9.65. The number of methoxy groups -OCH3 is 1. The van der Waals surface area contributed by atoms with Gasteiger partial charge in [-0.2, -0.15) is 0 Å². The van der Waals surface area contributed by atoms with Gasteiger partial charge in [-0.15, -0.1) is 0 Å². The first-order valence-corrected chi connectivity index (χ1v) is 13.3. The van der Waals surface area contributed by atoms with Gasteiger partial charge in [0.15, 0.2) is 0 Å². The fraction of sp³-hybridized carbons (Fsp3) is 0.250. The first-order valence-electron chi connectivity index (χ1n) is 12.5. The van der Waals surface area contributed by atoms with E-state index >= 15 is 0 Å². The minimum atomic E-state index is -0.723. The highest BCUT2D eigenvalue weighted by Crippen LogP contribution is 2.41. The summed E-state index contributed by atoms with van der Waals surface area (Å²) in [6.07, 6.45) is 2.48. The summed E-state index contributed by atoms with van der Waals surface area (Å²) in [5.41, 5.74) is 1.64. The van der Waals surface area contributed by atoms with Crippen LogP contribution in [0.1, 0.15) is 16.1 Å². The lowest BCUT2D eigenvalue weighted by atomic mass is 10.0. The van der Waals surface area contributed by atoms with Crippen LogP contribution in [-0.2, 0) is 20.6 Å². The normalized spacial score (nSPS) is 13.6. The van der Waals surface area contributed by atoms with Crippen molar-refractivity contribution >= 4 is 34.8 Å². The number of ether oxygens (including phenoxy) is 1. The van der Waals surface area contributed by atoms with Crippen LogP contribution < -0.4 is 21.3 Å². The Morgan fingerprint density at radius 1 is 1.07 bits per heavy atom. The van der Waals surface area contributed by atoms with Crippen molar-refractivity contribution in [3.63, 3.8) is 0 Å². The van der Waals surface area contributed by atoms with Crippen molar-refractivity contribution in [2.75, 3.05) is 25.5 Å². The molecular weight excluding hydrogens is 571 g/mol. The maximum atomic E-state index is 13.0. The molecule has 212 valence electrons. The van der Waals surface area contributed by atoms with E-state index in [1.165, 1.54) is 27.4 Å². The summed E-state index contributed by atoms with van der Waals surface area (Å²) in [6.45, 7) is 1.64. The molecule has 2 N–H and O–H groups in total. The van der Waals surface area contributed by atoms with Crippen LogP contribution in [0.4, 0.5) is 5.69 Å². The molecule has 1 aliphatic rings. The zero-order valence-corrected chi connectivity index (χ0v) is 23.9. The molecule has 0 atom stereocenters. The third kappa shape index (κ3) is 5.49. The first-order chi connectivity index (χ1) is 19.6. The number of rotatable bonds is 7. The van der Waals surface area contributed by atoms with E-state index in [9.17, 15) is 19.5 Å². The molecule has 0 spiro atoms. The van der Waals surface area contributed by atoms with Gasteiger partial charge in [0.1, 0.15) is 11.3 Å². The Balaban J connectivity index is 1.46. The number of amides is 1. The van der Waals surface area contributed by atoms with E-state index in [2.05, 4.69) is 15.3 Å². The Kier molecular flexibility index (Phi) is 7.96. The zero-order chi connectivity index (χ0) is 29.4. The molecule has 0 aliphatic carbocycles. The molecule has 1 aliphatic heterocycles. The number of aromatic nitrogens is 4. The molecule has 2 aromatic carbocycles. The predicted molar refractivity (Wildman–Crippen MR) is 156 cm³/mol. The molecule has 3 heterocycles. The highest BCUT2D eigenvalue weighted by atomic mass is 35.5. The van der Waals surface area contributed by atoms with Gasteiger partial charge in [-0.25, -0.2) is 9.78 Å². The summed E-state index contributed by atoms with van der Waals surface area (Å²) in [6, 6.07) is 10.4. The summed E-state index contributed by atoms with van der Waals surface area (Å²) < 4.78 is 7.50. The van der Waals surface area contributed by atoms with Gasteiger partial charge >= 0.3 is 5.69 Å². The number of aryl methyl sites for hydroxylation is 1. The van der Waals surface area contributed by atoms with E-state index in [4.69, 9.17) is 27.9 Å². The van der Waals surface area contributed by atoms with Crippen LogP contribution in [0, 0.1) is 0 Å². The molecule has 1 amide bonds. The second kappa shape index (κ2) is 11.5.